The zero-order valence-electron chi connectivity index (χ0n) is 72.4. The highest BCUT2D eigenvalue weighted by molar-refractivity contribution is 7.22. The van der Waals surface area contributed by atoms with E-state index in [9.17, 15) is 52.8 Å². The summed E-state index contributed by atoms with van der Waals surface area (Å²) in [6.07, 6.45) is 2.44. The first kappa shape index (κ1) is 93.8. The van der Waals surface area contributed by atoms with Crippen molar-refractivity contribution in [2.24, 2.45) is 0 Å². The number of ketones is 4. The molecule has 16 aromatic rings. The van der Waals surface area contributed by atoms with Gasteiger partial charge in [-0.3, -0.25) is 19.2 Å². The molecule has 0 atom stereocenters. The number of hydrogen-bond acceptors (Lipinski definition) is 20. The third kappa shape index (κ3) is 24.7. The molecular formula is C106H101F3N4O12S4. The van der Waals surface area contributed by atoms with Crippen LogP contribution in [0.4, 0.5) is 13.2 Å². The van der Waals surface area contributed by atoms with Gasteiger partial charge < -0.3 is 60.6 Å². The van der Waals surface area contributed by atoms with Crippen LogP contribution in [0.25, 0.3) is 40.3 Å². The molecule has 0 spiro atoms. The van der Waals surface area contributed by atoms with Crippen LogP contribution in [0, 0.1) is 13.8 Å². The quantitative estimate of drug-likeness (QED) is 0.0136. The van der Waals surface area contributed by atoms with Crippen LogP contribution in [-0.4, -0.2) is 95.9 Å². The van der Waals surface area contributed by atoms with Crippen LogP contribution < -0.4 is 40.2 Å². The second kappa shape index (κ2) is 45.3. The number of fused-ring (bicyclic) bond motifs is 4. The molecule has 0 aliphatic heterocycles. The van der Waals surface area contributed by atoms with Crippen LogP contribution in [0.3, 0.4) is 0 Å². The predicted molar refractivity (Wildman–Crippen MR) is 517 cm³/mol. The van der Waals surface area contributed by atoms with Crippen molar-refractivity contribution in [2.75, 3.05) is 52.4 Å². The van der Waals surface area contributed by atoms with Gasteiger partial charge in [-0.05, 0) is 266 Å². The Morgan fingerprint density at radius 2 is 0.612 bits per heavy atom. The first-order valence-corrected chi connectivity index (χ1v) is 46.3. The molecule has 662 valence electrons. The van der Waals surface area contributed by atoms with Gasteiger partial charge in [-0.25, -0.2) is 0 Å². The Balaban J connectivity index is 0.000000147. The Kier molecular flexibility index (Phi) is 32.9. The Hall–Kier alpha value is -12.8. The van der Waals surface area contributed by atoms with Crippen molar-refractivity contribution < 1.29 is 71.7 Å². The van der Waals surface area contributed by atoms with Crippen molar-refractivity contribution in [1.82, 2.24) is 21.3 Å². The summed E-state index contributed by atoms with van der Waals surface area (Å²) in [6, 6.07) is 80.3. The number of alkyl halides is 3. The van der Waals surface area contributed by atoms with Crippen molar-refractivity contribution in [3.8, 4) is 69.0 Å². The lowest BCUT2D eigenvalue weighted by Crippen LogP contribution is -2.15. The predicted octanol–water partition coefficient (Wildman–Crippen LogP) is 25.9. The lowest BCUT2D eigenvalue weighted by molar-refractivity contribution is -0.137. The number of phenolic OH excluding ortho intramolecular Hbond substituents is 4. The Labute approximate surface area is 764 Å². The van der Waals surface area contributed by atoms with E-state index in [1.54, 1.807) is 84.9 Å². The number of halogens is 3. The van der Waals surface area contributed by atoms with E-state index >= 15 is 0 Å². The molecule has 12 aromatic carbocycles. The van der Waals surface area contributed by atoms with Gasteiger partial charge >= 0.3 is 6.18 Å². The fraction of sp³-hybridized carbons (Fsp3) is 0.208. The number of benzene rings is 12. The van der Waals surface area contributed by atoms with E-state index in [-0.39, 0.29) is 51.0 Å². The first-order chi connectivity index (χ1) is 62.5. The van der Waals surface area contributed by atoms with E-state index in [0.717, 1.165) is 168 Å². The number of carbonyl (C=O) groups is 4. The number of thiophene rings is 4. The van der Waals surface area contributed by atoms with Gasteiger partial charge in [0.2, 0.25) is 23.1 Å². The minimum absolute atomic E-state index is 0.0139. The molecule has 0 unspecified atom stereocenters. The molecule has 23 heteroatoms. The fourth-order valence-corrected chi connectivity index (χ4v) is 18.9. The summed E-state index contributed by atoms with van der Waals surface area (Å²) in [4.78, 5) is 54.9. The van der Waals surface area contributed by atoms with Crippen molar-refractivity contribution in [3.05, 3.63) is 354 Å². The third-order valence-corrected chi connectivity index (χ3v) is 25.7. The molecular weight excluding hydrogens is 1710 g/mol. The lowest BCUT2D eigenvalue weighted by atomic mass is 10.0. The van der Waals surface area contributed by atoms with Gasteiger partial charge in [-0.1, -0.05) is 179 Å². The van der Waals surface area contributed by atoms with E-state index < -0.39 is 23.1 Å². The van der Waals surface area contributed by atoms with Crippen LogP contribution in [-0.2, 0) is 31.9 Å². The lowest BCUT2D eigenvalue weighted by Gasteiger charge is -2.12. The zero-order valence-corrected chi connectivity index (χ0v) is 75.7. The summed E-state index contributed by atoms with van der Waals surface area (Å²) in [5, 5.41) is 55.9. The molecule has 0 saturated carbocycles. The van der Waals surface area contributed by atoms with Crippen LogP contribution >= 0.6 is 45.3 Å². The maximum atomic E-state index is 13.6. The number of phenols is 4. The first-order valence-electron chi connectivity index (χ1n) is 43.0. The summed E-state index contributed by atoms with van der Waals surface area (Å²) in [6.45, 7) is 20.0. The van der Waals surface area contributed by atoms with Gasteiger partial charge in [0, 0.05) is 62.6 Å². The van der Waals surface area contributed by atoms with Gasteiger partial charge in [0.15, 0.2) is 23.0 Å². The molecule has 4 heterocycles. The maximum absolute atomic E-state index is 13.6. The van der Waals surface area contributed by atoms with E-state index in [1.807, 2.05) is 136 Å². The number of likely N-dealkylation sites (N-methyl/N-ethyl adjacent to an activating group) is 1. The number of aryl methyl sites for hydroxylation is 5. The van der Waals surface area contributed by atoms with Gasteiger partial charge in [0.25, 0.3) is 0 Å². The van der Waals surface area contributed by atoms with Crippen LogP contribution in [0.15, 0.2) is 273 Å². The number of rotatable bonds is 35. The molecule has 0 aliphatic rings. The van der Waals surface area contributed by atoms with Crippen LogP contribution in [0.1, 0.15) is 147 Å². The summed E-state index contributed by atoms with van der Waals surface area (Å²) < 4.78 is 68.5. The average molecular weight is 1810 g/mol. The summed E-state index contributed by atoms with van der Waals surface area (Å²) in [5.41, 5.74) is 7.32. The smallest absolute Gasteiger partial charge is 0.417 e. The summed E-state index contributed by atoms with van der Waals surface area (Å²) >= 11 is 5.01. The highest BCUT2D eigenvalue weighted by Gasteiger charge is 2.37. The minimum atomic E-state index is -4.68. The van der Waals surface area contributed by atoms with E-state index in [4.69, 9.17) is 18.9 Å². The summed E-state index contributed by atoms with van der Waals surface area (Å²) in [5.74, 6) is 3.76. The van der Waals surface area contributed by atoms with Gasteiger partial charge in [-0.2, -0.15) is 13.2 Å². The fourth-order valence-electron chi connectivity index (χ4n) is 14.4. The topological polar surface area (TPSA) is 234 Å². The molecule has 8 N–H and O–H groups in total. The molecule has 16 rings (SSSR count). The van der Waals surface area contributed by atoms with Crippen LogP contribution in [0.5, 0.6) is 69.0 Å². The number of carbonyl (C=O) groups excluding carboxylic acids is 4. The van der Waals surface area contributed by atoms with Crippen LogP contribution in [0.2, 0.25) is 0 Å². The Morgan fingerprint density at radius 1 is 0.318 bits per heavy atom. The van der Waals surface area contributed by atoms with Crippen molar-refractivity contribution in [3.63, 3.8) is 0 Å². The number of aromatic hydroxyl groups is 4. The second-order valence-corrected chi connectivity index (χ2v) is 34.8. The average Bonchev–Trinajstić information content (AvgIpc) is 1.63. The Bertz CT molecular complexity index is 6490. The Morgan fingerprint density at radius 3 is 0.953 bits per heavy atom. The second-order valence-electron chi connectivity index (χ2n) is 30.6. The minimum Gasteiger partial charge on any atom is -0.508 e. The molecule has 0 amide bonds. The van der Waals surface area contributed by atoms with Gasteiger partial charge in [0.1, 0.15) is 65.5 Å². The van der Waals surface area contributed by atoms with Gasteiger partial charge in [0.05, 0.1) is 5.56 Å². The molecule has 0 fully saturated rings. The normalized spacial score (nSPS) is 11.2. The standard InChI is InChI=1S/2C27H27NO3S.C26H22F3NO3S.C26H25NO3S/c1-3-28-16-4-5-19-8-13-22(14-9-19)31-26-23-15-12-21(29)17-24(23)32-27(26)25(30)20-10-6-18(2)7-11-20;1-3-28-16-6-8-19-10-13-21(14-11-19)31-26-23-15-12-20(29)17-24(23)32-27(26)25(30)22-9-5-4-7-18(22)2;1-2-30-14-13-16-7-10-18(11-8-16)33-24-20-12-9-17(31)15-22(20)34-25(24)23(32)19-5-3-4-6-21(19)26(27,28)29;1-2-27-16-6-7-18-10-13-21(14-11-18)30-25-22-15-12-20(28)17-23(22)31-26(25)24(29)19-8-4-3-5-9-19/h6-15,17,28-29H,3-5,16H2,1-2H3;4-5,7,9-15,17,28-29H,3,6,8,16H2,1-2H3;3-12,15,30-31H,2,13-14H2,1H3;3-5,8-15,17,27-28H,2,6-7,16H2,1H3. The zero-order chi connectivity index (χ0) is 90.9. The molecule has 0 bridgehead atoms. The number of hydrogen-bond donors (Lipinski definition) is 8. The largest absolute Gasteiger partial charge is 0.508 e. The molecule has 129 heavy (non-hydrogen) atoms. The van der Waals surface area contributed by atoms with E-state index in [1.165, 1.54) is 75.0 Å². The highest BCUT2D eigenvalue weighted by atomic mass is 32.1. The van der Waals surface area contributed by atoms with Crippen molar-refractivity contribution in [1.29, 1.82) is 0 Å². The number of ether oxygens (including phenoxy) is 4. The third-order valence-electron chi connectivity index (χ3n) is 21.2. The summed E-state index contributed by atoms with van der Waals surface area (Å²) in [7, 11) is 0. The molecule has 0 radical (unpaired) electrons. The van der Waals surface area contributed by atoms with Crippen molar-refractivity contribution in [2.45, 2.75) is 92.7 Å². The van der Waals surface area contributed by atoms with E-state index in [2.05, 4.69) is 78.4 Å². The monoisotopic (exact) mass is 1810 g/mol. The molecule has 0 saturated heterocycles. The van der Waals surface area contributed by atoms with Crippen molar-refractivity contribution >= 4 is 109 Å². The number of nitrogens with one attached hydrogen (secondary N) is 4. The van der Waals surface area contributed by atoms with E-state index in [0.29, 0.717) is 81.7 Å². The van der Waals surface area contributed by atoms with Gasteiger partial charge in [-0.15, -0.1) is 45.3 Å². The SMILES string of the molecule is CCNCCCc1ccc(Oc2c(C(=O)c3ccc(C)cc3)sc3cc(O)ccc23)cc1.CCNCCCc1ccc(Oc2c(C(=O)c3ccccc3)sc3cc(O)ccc23)cc1.CCNCCCc1ccc(Oc2c(C(=O)c3ccccc3C)sc3cc(O)ccc23)cc1.CCNCCc1ccc(Oc2c(C(=O)c3ccccc3C(F)(F)F)sc3cc(O)ccc23)cc1. The molecule has 4 aromatic heterocycles. The molecule has 0 aliphatic carbocycles. The highest BCUT2D eigenvalue weighted by Crippen LogP contribution is 2.48. The maximum Gasteiger partial charge on any atom is 0.417 e. The molecule has 16 nitrogen and oxygen atoms in total.